The molecule has 0 N–H and O–H groups in total. The van der Waals surface area contributed by atoms with Crippen molar-refractivity contribution in [2.75, 3.05) is 26.4 Å². The van der Waals surface area contributed by atoms with E-state index >= 15 is 0 Å². The van der Waals surface area contributed by atoms with Crippen molar-refractivity contribution in [1.82, 2.24) is 4.90 Å². The summed E-state index contributed by atoms with van der Waals surface area (Å²) in [5, 5.41) is 0. The zero-order valence-corrected chi connectivity index (χ0v) is 21.6. The fourth-order valence-electron chi connectivity index (χ4n) is 3.90. The smallest absolute Gasteiger partial charge is 0.493 e. The molecular formula is C25H39BFNO6. The monoisotopic (exact) mass is 479 g/mol. The van der Waals surface area contributed by atoms with Crippen molar-refractivity contribution < 1.29 is 32.7 Å². The molecule has 2 aliphatic rings. The lowest BCUT2D eigenvalue weighted by Crippen LogP contribution is -2.41. The Balaban J connectivity index is 1.39. The van der Waals surface area contributed by atoms with Gasteiger partial charge in [0.05, 0.1) is 30.5 Å². The number of carbonyl (C=O) groups is 1. The Bertz CT molecular complexity index is 840. The number of hydrogen-bond donors (Lipinski definition) is 0. The maximum atomic E-state index is 14.7. The third-order valence-electron chi connectivity index (χ3n) is 6.50. The molecular weight excluding hydrogens is 440 g/mol. The number of rotatable bonds is 8. The van der Waals surface area contributed by atoms with Crippen LogP contribution in [-0.2, 0) is 18.8 Å². The lowest BCUT2D eigenvalue weighted by molar-refractivity contribution is 0.00578. The number of hydrogen-bond acceptors (Lipinski definition) is 6. The van der Waals surface area contributed by atoms with E-state index in [-0.39, 0.29) is 12.1 Å². The number of carbonyl (C=O) groups excluding carboxylic acids is 1. The molecule has 0 aromatic heterocycles. The van der Waals surface area contributed by atoms with Crippen LogP contribution in [0.5, 0.6) is 5.75 Å². The Hall–Kier alpha value is -1.84. The largest absolute Gasteiger partial charge is 0.497 e. The Morgan fingerprint density at radius 3 is 2.47 bits per heavy atom. The predicted octanol–water partition coefficient (Wildman–Crippen LogP) is 4.31. The quantitative estimate of drug-likeness (QED) is 0.409. The van der Waals surface area contributed by atoms with Crippen LogP contribution < -0.4 is 10.2 Å². The molecule has 0 bridgehead atoms. The minimum absolute atomic E-state index is 0.0346. The summed E-state index contributed by atoms with van der Waals surface area (Å²) < 4.78 is 43.5. The lowest BCUT2D eigenvalue weighted by Gasteiger charge is -2.32. The second kappa shape index (κ2) is 10.4. The molecule has 2 heterocycles. The average Bonchev–Trinajstić information content (AvgIpc) is 3.25. The molecule has 0 saturated carbocycles. The SMILES string of the molecule is CC(C)(C)OC(=O)N1CCC[C@@H]1COCCCOc1ccc(B2OC(C)(C)C(C)(C)O2)c(F)c1. The van der Waals surface area contributed by atoms with Crippen molar-refractivity contribution in [1.29, 1.82) is 0 Å². The van der Waals surface area contributed by atoms with Crippen molar-refractivity contribution in [2.24, 2.45) is 0 Å². The van der Waals surface area contributed by atoms with Gasteiger partial charge in [0.1, 0.15) is 17.2 Å². The Kier molecular flexibility index (Phi) is 8.20. The normalized spacial score (nSPS) is 21.7. The zero-order valence-electron chi connectivity index (χ0n) is 21.6. The molecule has 0 unspecified atom stereocenters. The third-order valence-corrected chi connectivity index (χ3v) is 6.50. The zero-order chi connectivity index (χ0) is 25.1. The van der Waals surface area contributed by atoms with Crippen LogP contribution in [0.15, 0.2) is 18.2 Å². The first-order valence-electron chi connectivity index (χ1n) is 12.1. The van der Waals surface area contributed by atoms with E-state index in [4.69, 9.17) is 23.5 Å². The highest BCUT2D eigenvalue weighted by Gasteiger charge is 2.52. The fraction of sp³-hybridized carbons (Fsp3) is 0.720. The molecule has 0 aliphatic carbocycles. The van der Waals surface area contributed by atoms with E-state index < -0.39 is 29.7 Å². The molecule has 1 aromatic rings. The third kappa shape index (κ3) is 6.64. The average molecular weight is 479 g/mol. The summed E-state index contributed by atoms with van der Waals surface area (Å²) >= 11 is 0. The molecule has 9 heteroatoms. The number of halogens is 1. The van der Waals surface area contributed by atoms with Crippen LogP contribution in [-0.4, -0.2) is 67.3 Å². The number of likely N-dealkylation sites (tertiary alicyclic amines) is 1. The van der Waals surface area contributed by atoms with Gasteiger partial charge in [-0.1, -0.05) is 6.07 Å². The predicted molar refractivity (Wildman–Crippen MR) is 129 cm³/mol. The van der Waals surface area contributed by atoms with Gasteiger partial charge in [-0.25, -0.2) is 9.18 Å². The van der Waals surface area contributed by atoms with Gasteiger partial charge in [-0.2, -0.15) is 0 Å². The molecule has 0 radical (unpaired) electrons. The molecule has 2 saturated heterocycles. The lowest BCUT2D eigenvalue weighted by atomic mass is 9.78. The number of benzene rings is 1. The van der Waals surface area contributed by atoms with Gasteiger partial charge < -0.3 is 28.4 Å². The first kappa shape index (κ1) is 26.8. The van der Waals surface area contributed by atoms with Crippen molar-refractivity contribution >= 4 is 18.7 Å². The maximum absolute atomic E-state index is 14.7. The van der Waals surface area contributed by atoms with E-state index in [1.165, 1.54) is 6.07 Å². The minimum atomic E-state index is -0.747. The first-order valence-corrected chi connectivity index (χ1v) is 12.1. The van der Waals surface area contributed by atoms with Crippen LogP contribution in [0.1, 0.15) is 67.7 Å². The molecule has 1 amide bonds. The van der Waals surface area contributed by atoms with E-state index in [9.17, 15) is 9.18 Å². The number of ether oxygens (including phenoxy) is 3. The van der Waals surface area contributed by atoms with Crippen LogP contribution >= 0.6 is 0 Å². The first-order chi connectivity index (χ1) is 15.8. The summed E-state index contributed by atoms with van der Waals surface area (Å²) in [6.07, 6.45) is 2.22. The molecule has 1 aromatic carbocycles. The fourth-order valence-corrected chi connectivity index (χ4v) is 3.90. The van der Waals surface area contributed by atoms with E-state index in [1.54, 1.807) is 17.0 Å². The topological polar surface area (TPSA) is 66.5 Å². The summed E-state index contributed by atoms with van der Waals surface area (Å²) in [6.45, 7) is 15.4. The van der Waals surface area contributed by atoms with E-state index in [0.29, 0.717) is 44.0 Å². The molecule has 190 valence electrons. The Morgan fingerprint density at radius 1 is 1.18 bits per heavy atom. The van der Waals surface area contributed by atoms with Crippen LogP contribution in [0.25, 0.3) is 0 Å². The molecule has 3 rings (SSSR count). The summed E-state index contributed by atoms with van der Waals surface area (Å²) in [7, 11) is -0.747. The van der Waals surface area contributed by atoms with Crippen molar-refractivity contribution in [3.8, 4) is 5.75 Å². The standard InChI is InChI=1S/C25H39BFNO6/c1-23(2,3)32-22(29)28-13-8-10-18(28)17-30-14-9-15-31-19-11-12-20(21(27)16-19)26-33-24(4,5)25(6,7)34-26/h11-12,16,18H,8-10,13-15,17H2,1-7H3/t18-/m1/s1. The van der Waals surface area contributed by atoms with Gasteiger partial charge in [0.2, 0.25) is 0 Å². The summed E-state index contributed by atoms with van der Waals surface area (Å²) in [5.74, 6) is 0.0281. The van der Waals surface area contributed by atoms with Crippen LogP contribution in [0.3, 0.4) is 0 Å². The molecule has 2 aliphatic heterocycles. The molecule has 2 fully saturated rings. The van der Waals surface area contributed by atoms with Gasteiger partial charge in [0.25, 0.3) is 0 Å². The minimum Gasteiger partial charge on any atom is -0.493 e. The second-order valence-corrected chi connectivity index (χ2v) is 11.0. The molecule has 7 nitrogen and oxygen atoms in total. The summed E-state index contributed by atoms with van der Waals surface area (Å²) in [6, 6.07) is 4.77. The number of nitrogens with zero attached hydrogens (tertiary/aromatic N) is 1. The van der Waals surface area contributed by atoms with E-state index in [2.05, 4.69) is 0 Å². The van der Waals surface area contributed by atoms with Gasteiger partial charge >= 0.3 is 13.2 Å². The number of amides is 1. The molecule has 34 heavy (non-hydrogen) atoms. The highest BCUT2D eigenvalue weighted by atomic mass is 19.1. The highest BCUT2D eigenvalue weighted by Crippen LogP contribution is 2.36. The molecule has 1 atom stereocenters. The maximum Gasteiger partial charge on any atom is 0.497 e. The van der Waals surface area contributed by atoms with Gasteiger partial charge in [-0.3, -0.25) is 0 Å². The van der Waals surface area contributed by atoms with Crippen LogP contribution in [0.4, 0.5) is 9.18 Å². The van der Waals surface area contributed by atoms with Gasteiger partial charge in [-0.05, 0) is 67.4 Å². The summed E-state index contributed by atoms with van der Waals surface area (Å²) in [4.78, 5) is 14.1. The Labute approximate surface area is 203 Å². The van der Waals surface area contributed by atoms with Crippen LogP contribution in [0.2, 0.25) is 0 Å². The highest BCUT2D eigenvalue weighted by molar-refractivity contribution is 6.62. The van der Waals surface area contributed by atoms with Gasteiger partial charge in [0.15, 0.2) is 0 Å². The van der Waals surface area contributed by atoms with Gasteiger partial charge in [-0.15, -0.1) is 0 Å². The Morgan fingerprint density at radius 2 is 1.85 bits per heavy atom. The van der Waals surface area contributed by atoms with Gasteiger partial charge in [0, 0.05) is 31.1 Å². The van der Waals surface area contributed by atoms with Crippen molar-refractivity contribution in [2.45, 2.75) is 90.6 Å². The summed E-state index contributed by atoms with van der Waals surface area (Å²) in [5.41, 5.74) is -1.20. The van der Waals surface area contributed by atoms with Crippen molar-refractivity contribution in [3.05, 3.63) is 24.0 Å². The van der Waals surface area contributed by atoms with E-state index in [1.807, 2.05) is 48.5 Å². The van der Waals surface area contributed by atoms with Crippen LogP contribution in [0, 0.1) is 5.82 Å². The second-order valence-electron chi connectivity index (χ2n) is 11.0. The van der Waals surface area contributed by atoms with E-state index in [0.717, 1.165) is 12.8 Å². The van der Waals surface area contributed by atoms with Crippen molar-refractivity contribution in [3.63, 3.8) is 0 Å². The molecule has 0 spiro atoms.